The van der Waals surface area contributed by atoms with E-state index in [0.29, 0.717) is 10.7 Å². The lowest BCUT2D eigenvalue weighted by Crippen LogP contribution is -2.28. The second kappa shape index (κ2) is 7.80. The van der Waals surface area contributed by atoms with Crippen LogP contribution in [0, 0.1) is 12.8 Å². The summed E-state index contributed by atoms with van der Waals surface area (Å²) in [7, 11) is 1.28. The summed E-state index contributed by atoms with van der Waals surface area (Å²) in [5.41, 5.74) is 2.35. The molecule has 1 N–H and O–H groups in total. The van der Waals surface area contributed by atoms with Crippen LogP contribution >= 0.6 is 11.6 Å². The molecule has 0 aromatic heterocycles. The summed E-state index contributed by atoms with van der Waals surface area (Å²) in [4.78, 5) is 38.3. The van der Waals surface area contributed by atoms with Gasteiger partial charge in [-0.15, -0.1) is 0 Å². The van der Waals surface area contributed by atoms with E-state index in [9.17, 15) is 14.4 Å². The Balaban J connectivity index is 1.79. The molecule has 27 heavy (non-hydrogen) atoms. The molecule has 2 amide bonds. The lowest BCUT2D eigenvalue weighted by Gasteiger charge is -2.19. The maximum absolute atomic E-state index is 12.6. The van der Waals surface area contributed by atoms with E-state index in [1.54, 1.807) is 0 Å². The van der Waals surface area contributed by atoms with Crippen molar-refractivity contribution in [2.45, 2.75) is 13.3 Å². The number of methoxy groups -OCH3 is 1. The number of nitrogens with one attached hydrogen (secondary N) is 1. The quantitative estimate of drug-likeness (QED) is 0.817. The van der Waals surface area contributed by atoms with E-state index in [4.69, 9.17) is 16.3 Å². The second-order valence-corrected chi connectivity index (χ2v) is 6.77. The third-order valence-corrected chi connectivity index (χ3v) is 4.88. The van der Waals surface area contributed by atoms with Crippen LogP contribution in [0.25, 0.3) is 0 Å². The minimum Gasteiger partial charge on any atom is -0.465 e. The number of nitrogens with zero attached hydrogens (tertiary/aromatic N) is 1. The topological polar surface area (TPSA) is 75.7 Å². The maximum atomic E-state index is 12.6. The van der Waals surface area contributed by atoms with Crippen LogP contribution in [0.3, 0.4) is 0 Å². The number of anilines is 2. The summed E-state index contributed by atoms with van der Waals surface area (Å²) in [5.74, 6) is -1.47. The minimum atomic E-state index is -0.520. The average Bonchev–Trinajstić information content (AvgIpc) is 3.05. The smallest absolute Gasteiger partial charge is 0.337 e. The molecule has 1 heterocycles. The third-order valence-electron chi connectivity index (χ3n) is 4.56. The second-order valence-electron chi connectivity index (χ2n) is 6.37. The van der Waals surface area contributed by atoms with Gasteiger partial charge in [0.05, 0.1) is 29.3 Å². The average molecular weight is 387 g/mol. The van der Waals surface area contributed by atoms with Crippen molar-refractivity contribution in [3.05, 3.63) is 58.6 Å². The highest BCUT2D eigenvalue weighted by Gasteiger charge is 2.36. The van der Waals surface area contributed by atoms with Gasteiger partial charge in [0.15, 0.2) is 0 Å². The van der Waals surface area contributed by atoms with Crippen LogP contribution < -0.4 is 10.2 Å². The molecule has 1 saturated heterocycles. The molecule has 2 aromatic carbocycles. The molecule has 1 fully saturated rings. The van der Waals surface area contributed by atoms with E-state index in [0.717, 1.165) is 11.3 Å². The summed E-state index contributed by atoms with van der Waals surface area (Å²) < 4.78 is 4.71. The van der Waals surface area contributed by atoms with E-state index in [2.05, 4.69) is 5.32 Å². The van der Waals surface area contributed by atoms with Crippen molar-refractivity contribution in [1.29, 1.82) is 0 Å². The predicted molar refractivity (Wildman–Crippen MR) is 103 cm³/mol. The fourth-order valence-electron chi connectivity index (χ4n) is 3.03. The Morgan fingerprint density at radius 2 is 1.96 bits per heavy atom. The molecule has 3 rings (SSSR count). The molecular formula is C20H19ClN2O4. The van der Waals surface area contributed by atoms with Crippen molar-refractivity contribution < 1.29 is 19.1 Å². The predicted octanol–water partition coefficient (Wildman–Crippen LogP) is 3.43. The van der Waals surface area contributed by atoms with Crippen LogP contribution in [0.2, 0.25) is 5.02 Å². The molecule has 0 radical (unpaired) electrons. The molecule has 2 aromatic rings. The van der Waals surface area contributed by atoms with Gasteiger partial charge in [0.2, 0.25) is 11.8 Å². The molecule has 1 aliphatic rings. The Hall–Kier alpha value is -2.86. The van der Waals surface area contributed by atoms with Crippen LogP contribution in [0.1, 0.15) is 22.3 Å². The van der Waals surface area contributed by atoms with E-state index in [1.807, 2.05) is 31.2 Å². The van der Waals surface area contributed by atoms with Gasteiger partial charge < -0.3 is 15.0 Å². The number of carbonyl (C=O) groups is 3. The number of rotatable bonds is 4. The number of benzene rings is 2. The fourth-order valence-corrected chi connectivity index (χ4v) is 3.25. The molecule has 0 bridgehead atoms. The Morgan fingerprint density at radius 3 is 2.67 bits per heavy atom. The Labute approximate surface area is 162 Å². The van der Waals surface area contributed by atoms with Gasteiger partial charge >= 0.3 is 5.97 Å². The number of halogens is 1. The highest BCUT2D eigenvalue weighted by molar-refractivity contribution is 6.34. The van der Waals surface area contributed by atoms with Gasteiger partial charge in [-0.3, -0.25) is 9.59 Å². The minimum absolute atomic E-state index is 0.0799. The van der Waals surface area contributed by atoms with Crippen molar-refractivity contribution in [2.24, 2.45) is 5.92 Å². The molecule has 1 aliphatic heterocycles. The summed E-state index contributed by atoms with van der Waals surface area (Å²) >= 11 is 6.22. The zero-order chi connectivity index (χ0) is 19.6. The molecule has 0 aliphatic carbocycles. The Kier molecular flexibility index (Phi) is 5.46. The number of amides is 2. The zero-order valence-electron chi connectivity index (χ0n) is 15.0. The summed E-state index contributed by atoms with van der Waals surface area (Å²) in [5, 5.41) is 3.20. The van der Waals surface area contributed by atoms with Gasteiger partial charge in [0, 0.05) is 18.7 Å². The van der Waals surface area contributed by atoms with Gasteiger partial charge in [-0.1, -0.05) is 29.8 Å². The highest BCUT2D eigenvalue weighted by Crippen LogP contribution is 2.33. The largest absolute Gasteiger partial charge is 0.465 e. The van der Waals surface area contributed by atoms with Gasteiger partial charge in [0.1, 0.15) is 0 Å². The highest BCUT2D eigenvalue weighted by atomic mass is 35.5. The normalized spacial score (nSPS) is 16.3. The molecule has 7 heteroatoms. The van der Waals surface area contributed by atoms with Crippen molar-refractivity contribution in [2.75, 3.05) is 23.9 Å². The fraction of sp³-hybridized carbons (Fsp3) is 0.250. The van der Waals surface area contributed by atoms with Crippen molar-refractivity contribution in [3.63, 3.8) is 0 Å². The zero-order valence-corrected chi connectivity index (χ0v) is 15.7. The van der Waals surface area contributed by atoms with Crippen LogP contribution in [0.5, 0.6) is 0 Å². The number of ether oxygens (including phenoxy) is 1. The standard InChI is InChI=1S/C20H19ClN2O4/c1-12-5-3-4-6-16(12)22-19(25)14-10-18(24)23(11-14)17-9-13(20(26)27-2)7-8-15(17)21/h3-9,14H,10-11H2,1-2H3,(H,22,25). The molecule has 1 unspecified atom stereocenters. The molecular weight excluding hydrogens is 368 g/mol. The first-order chi connectivity index (χ1) is 12.9. The number of hydrogen-bond donors (Lipinski definition) is 1. The van der Waals surface area contributed by atoms with E-state index < -0.39 is 11.9 Å². The monoisotopic (exact) mass is 386 g/mol. The molecule has 6 nitrogen and oxygen atoms in total. The third kappa shape index (κ3) is 3.95. The van der Waals surface area contributed by atoms with Crippen molar-refractivity contribution >= 4 is 40.8 Å². The summed E-state index contributed by atoms with van der Waals surface area (Å²) in [6.07, 6.45) is 0.0799. The SMILES string of the molecule is COC(=O)c1ccc(Cl)c(N2CC(C(=O)Nc3ccccc3C)CC2=O)c1. The van der Waals surface area contributed by atoms with Gasteiger partial charge in [-0.05, 0) is 36.8 Å². The molecule has 140 valence electrons. The Bertz CT molecular complexity index is 913. The first-order valence-corrected chi connectivity index (χ1v) is 8.83. The number of aryl methyl sites for hydroxylation is 1. The molecule has 1 atom stereocenters. The van der Waals surface area contributed by atoms with Gasteiger partial charge in [0.25, 0.3) is 0 Å². The first kappa shape index (κ1) is 18.9. The van der Waals surface area contributed by atoms with Crippen molar-refractivity contribution in [1.82, 2.24) is 0 Å². The number of para-hydroxylation sites is 1. The van der Waals surface area contributed by atoms with Gasteiger partial charge in [-0.2, -0.15) is 0 Å². The number of esters is 1. The van der Waals surface area contributed by atoms with Crippen LogP contribution in [-0.4, -0.2) is 31.4 Å². The van der Waals surface area contributed by atoms with Crippen LogP contribution in [0.15, 0.2) is 42.5 Å². The lowest BCUT2D eigenvalue weighted by molar-refractivity contribution is -0.122. The van der Waals surface area contributed by atoms with Crippen molar-refractivity contribution in [3.8, 4) is 0 Å². The Morgan fingerprint density at radius 1 is 1.22 bits per heavy atom. The van der Waals surface area contributed by atoms with Crippen LogP contribution in [-0.2, 0) is 14.3 Å². The molecule has 0 spiro atoms. The van der Waals surface area contributed by atoms with E-state index >= 15 is 0 Å². The van der Waals surface area contributed by atoms with E-state index in [1.165, 1.54) is 30.2 Å². The maximum Gasteiger partial charge on any atom is 0.337 e. The summed E-state index contributed by atoms with van der Waals surface area (Å²) in [6, 6.07) is 12.0. The van der Waals surface area contributed by atoms with Gasteiger partial charge in [-0.25, -0.2) is 4.79 Å². The first-order valence-electron chi connectivity index (χ1n) is 8.45. The van der Waals surface area contributed by atoms with E-state index in [-0.39, 0.29) is 30.3 Å². The van der Waals surface area contributed by atoms with Crippen LogP contribution in [0.4, 0.5) is 11.4 Å². The molecule has 0 saturated carbocycles. The number of carbonyl (C=O) groups excluding carboxylic acids is 3. The lowest BCUT2D eigenvalue weighted by atomic mass is 10.1. The summed E-state index contributed by atoms with van der Waals surface area (Å²) in [6.45, 7) is 2.10. The number of hydrogen-bond acceptors (Lipinski definition) is 4.